The van der Waals surface area contributed by atoms with Crippen molar-refractivity contribution in [1.82, 2.24) is 5.32 Å². The van der Waals surface area contributed by atoms with Gasteiger partial charge in [0.05, 0.1) is 35.8 Å². The van der Waals surface area contributed by atoms with Crippen molar-refractivity contribution in [3.8, 4) is 18.2 Å². The number of rotatable bonds is 1. The first-order valence-electron chi connectivity index (χ1n) is 4.39. The Kier molecular flexibility index (Phi) is 3.40. The highest BCUT2D eigenvalue weighted by atomic mass is 19.4. The molecule has 1 aliphatic heterocycles. The second-order valence-electron chi connectivity index (χ2n) is 3.12. The Labute approximate surface area is 94.9 Å². The van der Waals surface area contributed by atoms with Crippen LogP contribution in [-0.2, 0) is 0 Å². The first-order chi connectivity index (χ1) is 7.95. The zero-order chi connectivity index (χ0) is 13.1. The van der Waals surface area contributed by atoms with Crippen LogP contribution in [0.2, 0.25) is 0 Å². The number of hydrogen-bond acceptors (Lipinski definition) is 4. The van der Waals surface area contributed by atoms with Crippen LogP contribution in [0.1, 0.15) is 6.42 Å². The summed E-state index contributed by atoms with van der Waals surface area (Å²) < 4.78 is 37.8. The van der Waals surface area contributed by atoms with Crippen molar-refractivity contribution in [2.45, 2.75) is 18.6 Å². The molecule has 0 radical (unpaired) electrons. The summed E-state index contributed by atoms with van der Waals surface area (Å²) in [6, 6.07) is 3.61. The summed E-state index contributed by atoms with van der Waals surface area (Å²) in [5, 5.41) is 28.1. The van der Waals surface area contributed by atoms with Gasteiger partial charge in [-0.3, -0.25) is 0 Å². The van der Waals surface area contributed by atoms with Gasteiger partial charge >= 0.3 is 6.18 Å². The van der Waals surface area contributed by atoms with Gasteiger partial charge in [-0.05, 0) is 5.57 Å². The second-order valence-corrected chi connectivity index (χ2v) is 3.12. The zero-order valence-electron chi connectivity index (χ0n) is 8.34. The van der Waals surface area contributed by atoms with Crippen molar-refractivity contribution in [3.63, 3.8) is 0 Å². The van der Waals surface area contributed by atoms with Crippen LogP contribution in [0.25, 0.3) is 0 Å². The maximum absolute atomic E-state index is 12.6. The summed E-state index contributed by atoms with van der Waals surface area (Å²) >= 11 is 0. The molecule has 1 N–H and O–H groups in total. The van der Waals surface area contributed by atoms with Crippen molar-refractivity contribution in [3.05, 3.63) is 22.9 Å². The van der Waals surface area contributed by atoms with Crippen LogP contribution in [0.5, 0.6) is 0 Å². The van der Waals surface area contributed by atoms with Gasteiger partial charge in [0.2, 0.25) is 0 Å². The Morgan fingerprint density at radius 1 is 1.29 bits per heavy atom. The third kappa shape index (κ3) is 2.38. The van der Waals surface area contributed by atoms with Gasteiger partial charge in [-0.2, -0.15) is 29.0 Å². The monoisotopic (exact) mass is 238 g/mol. The fourth-order valence-electron chi connectivity index (χ4n) is 1.41. The van der Waals surface area contributed by atoms with E-state index in [-0.39, 0.29) is 5.57 Å². The van der Waals surface area contributed by atoms with E-state index in [1.807, 2.05) is 0 Å². The Morgan fingerprint density at radius 3 is 2.35 bits per heavy atom. The van der Waals surface area contributed by atoms with E-state index in [2.05, 4.69) is 5.32 Å². The van der Waals surface area contributed by atoms with E-state index in [4.69, 9.17) is 15.8 Å². The molecule has 7 heteroatoms. The van der Waals surface area contributed by atoms with Gasteiger partial charge in [0.25, 0.3) is 0 Å². The maximum atomic E-state index is 12.6. The highest BCUT2D eigenvalue weighted by Crippen LogP contribution is 2.36. The summed E-state index contributed by atoms with van der Waals surface area (Å²) in [6.07, 6.45) is -4.60. The van der Waals surface area contributed by atoms with Crippen LogP contribution >= 0.6 is 0 Å². The summed E-state index contributed by atoms with van der Waals surface area (Å²) in [7, 11) is 0. The van der Waals surface area contributed by atoms with Crippen LogP contribution in [0.4, 0.5) is 13.2 Å². The van der Waals surface area contributed by atoms with Crippen molar-refractivity contribution >= 4 is 0 Å². The van der Waals surface area contributed by atoms with Gasteiger partial charge in [0.1, 0.15) is 6.04 Å². The molecule has 0 aromatic carbocycles. The molecule has 1 rings (SSSR count). The molecule has 17 heavy (non-hydrogen) atoms. The molecule has 1 heterocycles. The predicted octanol–water partition coefficient (Wildman–Crippen LogP) is 1.66. The molecule has 4 nitrogen and oxygen atoms in total. The molecular weight excluding hydrogens is 233 g/mol. The van der Waals surface area contributed by atoms with Crippen molar-refractivity contribution in [1.29, 1.82) is 15.8 Å². The number of alkyl halides is 3. The molecule has 0 aromatic heterocycles. The molecular formula is C10H5F3N4. The highest BCUT2D eigenvalue weighted by Gasteiger charge is 2.40. The first kappa shape index (κ1) is 12.6. The summed E-state index contributed by atoms with van der Waals surface area (Å²) in [5.74, 6) is 0. The first-order valence-corrected chi connectivity index (χ1v) is 4.39. The summed E-state index contributed by atoms with van der Waals surface area (Å²) in [6.45, 7) is 0. The number of nitrogens with zero attached hydrogens (tertiary/aromatic N) is 3. The standard InChI is InChI=1S/C10H5F3N4/c11-10(12,13)8-5-17-9(4-16)7(3-15)6(8)1-2-14/h5,9,17H,1H2. The number of nitrogens with one attached hydrogen (secondary N) is 1. The lowest BCUT2D eigenvalue weighted by Crippen LogP contribution is -2.33. The molecule has 86 valence electrons. The summed E-state index contributed by atoms with van der Waals surface area (Å²) in [5.41, 5.74) is -1.88. The fourth-order valence-corrected chi connectivity index (χ4v) is 1.41. The van der Waals surface area contributed by atoms with Crippen LogP contribution in [0.3, 0.4) is 0 Å². The number of allylic oxidation sites excluding steroid dienone is 2. The Balaban J connectivity index is 3.36. The van der Waals surface area contributed by atoms with E-state index >= 15 is 0 Å². The van der Waals surface area contributed by atoms with E-state index in [0.717, 1.165) is 0 Å². The minimum atomic E-state index is -4.66. The molecule has 1 unspecified atom stereocenters. The van der Waals surface area contributed by atoms with Crippen molar-refractivity contribution in [2.24, 2.45) is 0 Å². The van der Waals surface area contributed by atoms with Crippen LogP contribution in [-0.4, -0.2) is 12.2 Å². The predicted molar refractivity (Wildman–Crippen MR) is 49.5 cm³/mol. The van der Waals surface area contributed by atoms with Crippen LogP contribution in [0, 0.1) is 34.0 Å². The Morgan fingerprint density at radius 2 is 1.94 bits per heavy atom. The smallest absolute Gasteiger partial charge is 0.371 e. The van der Waals surface area contributed by atoms with E-state index in [0.29, 0.717) is 6.20 Å². The zero-order valence-corrected chi connectivity index (χ0v) is 8.34. The van der Waals surface area contributed by atoms with Gasteiger partial charge in [-0.15, -0.1) is 0 Å². The molecule has 0 amide bonds. The fraction of sp³-hybridized carbons (Fsp3) is 0.300. The summed E-state index contributed by atoms with van der Waals surface area (Å²) in [4.78, 5) is 0. The van der Waals surface area contributed by atoms with E-state index < -0.39 is 29.8 Å². The van der Waals surface area contributed by atoms with Crippen molar-refractivity contribution in [2.75, 3.05) is 0 Å². The lowest BCUT2D eigenvalue weighted by atomic mass is 9.91. The molecule has 0 spiro atoms. The lowest BCUT2D eigenvalue weighted by molar-refractivity contribution is -0.0901. The number of dihydropyridines is 1. The van der Waals surface area contributed by atoms with Crippen LogP contribution in [0.15, 0.2) is 22.9 Å². The average molecular weight is 238 g/mol. The van der Waals surface area contributed by atoms with Gasteiger partial charge in [-0.1, -0.05) is 0 Å². The SMILES string of the molecule is N#CCC1=C(C#N)C(C#N)NC=C1C(F)(F)F. The third-order valence-electron chi connectivity index (χ3n) is 2.14. The maximum Gasteiger partial charge on any atom is 0.418 e. The topological polar surface area (TPSA) is 83.4 Å². The lowest BCUT2D eigenvalue weighted by Gasteiger charge is -2.22. The van der Waals surface area contributed by atoms with E-state index in [1.165, 1.54) is 0 Å². The second kappa shape index (κ2) is 4.59. The van der Waals surface area contributed by atoms with Gasteiger partial charge in [0.15, 0.2) is 0 Å². The van der Waals surface area contributed by atoms with E-state index in [1.54, 1.807) is 18.2 Å². The molecule has 0 saturated carbocycles. The molecule has 1 atom stereocenters. The molecule has 1 aliphatic rings. The van der Waals surface area contributed by atoms with E-state index in [9.17, 15) is 13.2 Å². The number of hydrogen-bond donors (Lipinski definition) is 1. The van der Waals surface area contributed by atoms with Crippen LogP contribution < -0.4 is 5.32 Å². The number of nitriles is 3. The Bertz CT molecular complexity index is 508. The quantitative estimate of drug-likeness (QED) is 0.752. The van der Waals surface area contributed by atoms with Gasteiger partial charge in [0, 0.05) is 6.20 Å². The third-order valence-corrected chi connectivity index (χ3v) is 2.14. The average Bonchev–Trinajstić information content (AvgIpc) is 2.27. The van der Waals surface area contributed by atoms with Gasteiger partial charge in [-0.25, -0.2) is 0 Å². The molecule has 0 aliphatic carbocycles. The Hall–Kier alpha value is -2.46. The normalized spacial score (nSPS) is 19.5. The molecule has 0 bridgehead atoms. The minimum Gasteiger partial charge on any atom is -0.371 e. The highest BCUT2D eigenvalue weighted by molar-refractivity contribution is 5.52. The van der Waals surface area contributed by atoms with Crippen molar-refractivity contribution < 1.29 is 13.2 Å². The molecule has 0 aromatic rings. The largest absolute Gasteiger partial charge is 0.418 e. The molecule has 0 saturated heterocycles. The molecule has 0 fully saturated rings. The minimum absolute atomic E-state index is 0.358. The van der Waals surface area contributed by atoms with Gasteiger partial charge < -0.3 is 5.32 Å². The number of halogens is 3.